The summed E-state index contributed by atoms with van der Waals surface area (Å²) in [5, 5.41) is 15.2. The van der Waals surface area contributed by atoms with Crippen LogP contribution in [0.2, 0.25) is 0 Å². The van der Waals surface area contributed by atoms with Crippen molar-refractivity contribution in [2.75, 3.05) is 12.8 Å². The topological polar surface area (TPSA) is 59.8 Å². The first-order chi connectivity index (χ1) is 14.3. The molecule has 1 aromatic heterocycles. The minimum atomic E-state index is 0.0726. The van der Waals surface area contributed by atoms with Gasteiger partial charge in [-0.1, -0.05) is 67.1 Å². The lowest BCUT2D eigenvalue weighted by Gasteiger charge is -2.16. The number of carbonyl (C=O) groups excluding carboxylic acids is 1. The van der Waals surface area contributed by atoms with Gasteiger partial charge in [0.1, 0.15) is 5.82 Å². The van der Waals surface area contributed by atoms with E-state index in [1.54, 1.807) is 11.8 Å². The third kappa shape index (κ3) is 4.64. The zero-order valence-corrected chi connectivity index (χ0v) is 17.8. The molecular formula is C23H28N4OS. The Morgan fingerprint density at radius 1 is 1.14 bits per heavy atom. The standard InChI is InChI=1S/C23H28N4OS/c1-29-23-26-25-21(27(23)19-11-3-4-12-19)14-7-15-24-22(28)16-18-10-6-9-17-8-2-5-13-20(17)18/h2,5-6,8-10,13,19H,3-4,7,11-12,14-16H2,1H3,(H,24,28). The van der Waals surface area contributed by atoms with Gasteiger partial charge in [-0.15, -0.1) is 10.2 Å². The average Bonchev–Trinajstić information content (AvgIpc) is 3.41. The van der Waals surface area contributed by atoms with Crippen LogP contribution in [0.25, 0.3) is 10.8 Å². The lowest BCUT2D eigenvalue weighted by atomic mass is 10.0. The summed E-state index contributed by atoms with van der Waals surface area (Å²) in [6.07, 6.45) is 9.23. The van der Waals surface area contributed by atoms with Crippen LogP contribution in [0.3, 0.4) is 0 Å². The molecule has 1 fully saturated rings. The van der Waals surface area contributed by atoms with Gasteiger partial charge in [0.25, 0.3) is 0 Å². The molecular weight excluding hydrogens is 380 g/mol. The first-order valence-corrected chi connectivity index (χ1v) is 11.7. The Morgan fingerprint density at radius 3 is 2.76 bits per heavy atom. The maximum atomic E-state index is 12.4. The summed E-state index contributed by atoms with van der Waals surface area (Å²) in [6.45, 7) is 0.662. The van der Waals surface area contributed by atoms with Crippen LogP contribution in [0.15, 0.2) is 47.6 Å². The Hall–Kier alpha value is -2.34. The predicted molar refractivity (Wildman–Crippen MR) is 118 cm³/mol. The van der Waals surface area contributed by atoms with Crippen molar-refractivity contribution in [2.24, 2.45) is 0 Å². The highest BCUT2D eigenvalue weighted by molar-refractivity contribution is 7.98. The van der Waals surface area contributed by atoms with Crippen LogP contribution in [0.1, 0.15) is 49.5 Å². The zero-order valence-electron chi connectivity index (χ0n) is 16.9. The molecule has 6 heteroatoms. The second-order valence-electron chi connectivity index (χ2n) is 7.68. The number of fused-ring (bicyclic) bond motifs is 1. The largest absolute Gasteiger partial charge is 0.356 e. The molecule has 0 aliphatic heterocycles. The van der Waals surface area contributed by atoms with E-state index in [-0.39, 0.29) is 5.91 Å². The molecule has 1 amide bonds. The van der Waals surface area contributed by atoms with E-state index in [9.17, 15) is 4.79 Å². The summed E-state index contributed by atoms with van der Waals surface area (Å²) in [6, 6.07) is 14.9. The molecule has 5 nitrogen and oxygen atoms in total. The first-order valence-electron chi connectivity index (χ1n) is 10.5. The number of thioether (sulfide) groups is 1. The highest BCUT2D eigenvalue weighted by atomic mass is 32.2. The minimum absolute atomic E-state index is 0.0726. The van der Waals surface area contributed by atoms with Crippen molar-refractivity contribution in [3.05, 3.63) is 53.9 Å². The van der Waals surface area contributed by atoms with Crippen LogP contribution in [-0.2, 0) is 17.6 Å². The summed E-state index contributed by atoms with van der Waals surface area (Å²) >= 11 is 1.67. The summed E-state index contributed by atoms with van der Waals surface area (Å²) in [7, 11) is 0. The van der Waals surface area contributed by atoms with E-state index in [1.807, 2.05) is 24.3 Å². The van der Waals surface area contributed by atoms with Gasteiger partial charge in [0.2, 0.25) is 5.91 Å². The fraction of sp³-hybridized carbons (Fsp3) is 0.435. The Morgan fingerprint density at radius 2 is 1.93 bits per heavy atom. The molecule has 0 radical (unpaired) electrons. The van der Waals surface area contributed by atoms with Gasteiger partial charge in [-0.05, 0) is 41.9 Å². The van der Waals surface area contributed by atoms with Crippen molar-refractivity contribution in [1.82, 2.24) is 20.1 Å². The van der Waals surface area contributed by atoms with Crippen molar-refractivity contribution in [3.8, 4) is 0 Å². The molecule has 2 aromatic carbocycles. The molecule has 0 bridgehead atoms. The number of hydrogen-bond acceptors (Lipinski definition) is 4. The van der Waals surface area contributed by atoms with Gasteiger partial charge in [-0.3, -0.25) is 4.79 Å². The van der Waals surface area contributed by atoms with Gasteiger partial charge in [0.15, 0.2) is 5.16 Å². The lowest BCUT2D eigenvalue weighted by Crippen LogP contribution is -2.26. The number of nitrogens with one attached hydrogen (secondary N) is 1. The third-order valence-electron chi connectivity index (χ3n) is 5.74. The van der Waals surface area contributed by atoms with Gasteiger partial charge >= 0.3 is 0 Å². The minimum Gasteiger partial charge on any atom is -0.356 e. The van der Waals surface area contributed by atoms with E-state index in [0.717, 1.165) is 34.8 Å². The number of amides is 1. The molecule has 1 saturated carbocycles. The number of aryl methyl sites for hydroxylation is 1. The van der Waals surface area contributed by atoms with Gasteiger partial charge < -0.3 is 9.88 Å². The van der Waals surface area contributed by atoms with Gasteiger partial charge in [0, 0.05) is 19.0 Å². The molecule has 0 spiro atoms. The number of rotatable bonds is 8. The molecule has 1 aliphatic rings. The van der Waals surface area contributed by atoms with Crippen LogP contribution < -0.4 is 5.32 Å². The average molecular weight is 409 g/mol. The second-order valence-corrected chi connectivity index (χ2v) is 8.45. The van der Waals surface area contributed by atoms with Gasteiger partial charge in [0.05, 0.1) is 6.42 Å². The number of benzene rings is 2. The van der Waals surface area contributed by atoms with E-state index >= 15 is 0 Å². The third-order valence-corrected chi connectivity index (χ3v) is 6.38. The molecule has 3 aromatic rings. The molecule has 0 atom stereocenters. The Bertz CT molecular complexity index is 973. The van der Waals surface area contributed by atoms with Gasteiger partial charge in [-0.25, -0.2) is 0 Å². The summed E-state index contributed by atoms with van der Waals surface area (Å²) < 4.78 is 2.34. The van der Waals surface area contributed by atoms with Crippen LogP contribution >= 0.6 is 11.8 Å². The summed E-state index contributed by atoms with van der Waals surface area (Å²) in [5.74, 6) is 1.13. The molecule has 1 N–H and O–H groups in total. The number of nitrogens with zero attached hydrogens (tertiary/aromatic N) is 3. The fourth-order valence-electron chi connectivity index (χ4n) is 4.30. The molecule has 0 saturated heterocycles. The van der Waals surface area contributed by atoms with Crippen molar-refractivity contribution >= 4 is 28.4 Å². The zero-order chi connectivity index (χ0) is 20.1. The molecule has 1 heterocycles. The molecule has 4 rings (SSSR count). The molecule has 29 heavy (non-hydrogen) atoms. The Balaban J connectivity index is 1.31. The second kappa shape index (κ2) is 9.44. The fourth-order valence-corrected chi connectivity index (χ4v) is 4.88. The SMILES string of the molecule is CSc1nnc(CCCNC(=O)Cc2cccc3ccccc23)n1C1CCCC1. The summed E-state index contributed by atoms with van der Waals surface area (Å²) in [4.78, 5) is 12.4. The van der Waals surface area contributed by atoms with Crippen molar-refractivity contribution in [3.63, 3.8) is 0 Å². The van der Waals surface area contributed by atoms with E-state index in [2.05, 4.69) is 44.5 Å². The van der Waals surface area contributed by atoms with E-state index in [4.69, 9.17) is 0 Å². The number of hydrogen-bond donors (Lipinski definition) is 1. The highest BCUT2D eigenvalue weighted by Gasteiger charge is 2.23. The van der Waals surface area contributed by atoms with Gasteiger partial charge in [-0.2, -0.15) is 0 Å². The molecule has 1 aliphatic carbocycles. The van der Waals surface area contributed by atoms with Crippen LogP contribution in [0, 0.1) is 0 Å². The number of carbonyl (C=O) groups is 1. The van der Waals surface area contributed by atoms with E-state index in [1.165, 1.54) is 31.1 Å². The summed E-state index contributed by atoms with van der Waals surface area (Å²) in [5.41, 5.74) is 1.08. The maximum Gasteiger partial charge on any atom is 0.224 e. The van der Waals surface area contributed by atoms with Crippen LogP contribution in [0.4, 0.5) is 0 Å². The Labute approximate surface area is 176 Å². The quantitative estimate of drug-likeness (QED) is 0.438. The lowest BCUT2D eigenvalue weighted by molar-refractivity contribution is -0.120. The monoisotopic (exact) mass is 408 g/mol. The number of aromatic nitrogens is 3. The predicted octanol–water partition coefficient (Wildman–Crippen LogP) is 4.56. The van der Waals surface area contributed by atoms with Crippen LogP contribution in [0.5, 0.6) is 0 Å². The van der Waals surface area contributed by atoms with Crippen molar-refractivity contribution in [2.45, 2.75) is 56.1 Å². The smallest absolute Gasteiger partial charge is 0.224 e. The first kappa shape index (κ1) is 20.0. The van der Waals surface area contributed by atoms with E-state index < -0.39 is 0 Å². The highest BCUT2D eigenvalue weighted by Crippen LogP contribution is 2.33. The molecule has 152 valence electrons. The van der Waals surface area contributed by atoms with Crippen molar-refractivity contribution in [1.29, 1.82) is 0 Å². The van der Waals surface area contributed by atoms with Crippen LogP contribution in [-0.4, -0.2) is 33.5 Å². The Kier molecular flexibility index (Phi) is 6.49. The molecule has 0 unspecified atom stereocenters. The van der Waals surface area contributed by atoms with Crippen molar-refractivity contribution < 1.29 is 4.79 Å². The normalized spacial score (nSPS) is 14.5. The van der Waals surface area contributed by atoms with E-state index in [0.29, 0.717) is 19.0 Å². The maximum absolute atomic E-state index is 12.4.